The van der Waals surface area contributed by atoms with E-state index in [9.17, 15) is 0 Å². The molecule has 0 aliphatic carbocycles. The fraction of sp³-hybridized carbons (Fsp3) is 0.643. The van der Waals surface area contributed by atoms with Gasteiger partial charge in [0.05, 0.1) is 4.99 Å². The van der Waals surface area contributed by atoms with Crippen LogP contribution in [0.15, 0.2) is 6.07 Å². The highest BCUT2D eigenvalue weighted by molar-refractivity contribution is 7.80. The number of hydrogen-bond donors (Lipinski definition) is 1. The van der Waals surface area contributed by atoms with Gasteiger partial charge in [-0.1, -0.05) is 33.0 Å². The maximum Gasteiger partial charge on any atom is 0.132 e. The van der Waals surface area contributed by atoms with Crippen LogP contribution in [0.1, 0.15) is 38.7 Å². The monoisotopic (exact) mass is 280 g/mol. The zero-order valence-electron chi connectivity index (χ0n) is 12.3. The van der Waals surface area contributed by atoms with E-state index in [-0.39, 0.29) is 0 Å². The molecule has 0 aliphatic rings. The summed E-state index contributed by atoms with van der Waals surface area (Å²) in [7, 11) is 0. The predicted octanol–water partition coefficient (Wildman–Crippen LogP) is 2.49. The Labute approximate surface area is 121 Å². The highest BCUT2D eigenvalue weighted by Crippen LogP contribution is 2.15. The Morgan fingerprint density at radius 2 is 2.11 bits per heavy atom. The van der Waals surface area contributed by atoms with Crippen LogP contribution in [-0.4, -0.2) is 28.0 Å². The molecule has 0 fully saturated rings. The highest BCUT2D eigenvalue weighted by atomic mass is 32.1. The largest absolute Gasteiger partial charge is 0.393 e. The summed E-state index contributed by atoms with van der Waals surface area (Å²) in [5.74, 6) is 2.36. The van der Waals surface area contributed by atoms with Crippen LogP contribution in [0.4, 0.5) is 5.82 Å². The molecule has 0 saturated heterocycles. The summed E-state index contributed by atoms with van der Waals surface area (Å²) < 4.78 is 0. The average Bonchev–Trinajstić information content (AvgIpc) is 2.32. The van der Waals surface area contributed by atoms with Gasteiger partial charge in [-0.05, 0) is 19.3 Å². The SMILES string of the molecule is CCc1cc(N(CCC(N)=S)CC(C)C)nc(C)n1. The third-order valence-corrected chi connectivity index (χ3v) is 2.98. The molecule has 0 unspecified atom stereocenters. The van der Waals surface area contributed by atoms with Gasteiger partial charge in [0.2, 0.25) is 0 Å². The van der Waals surface area contributed by atoms with Crippen molar-refractivity contribution in [1.29, 1.82) is 0 Å². The third kappa shape index (κ3) is 5.51. The van der Waals surface area contributed by atoms with E-state index in [4.69, 9.17) is 18.0 Å². The fourth-order valence-electron chi connectivity index (χ4n) is 1.94. The Bertz CT molecular complexity index is 431. The van der Waals surface area contributed by atoms with Crippen LogP contribution in [0.25, 0.3) is 0 Å². The lowest BCUT2D eigenvalue weighted by molar-refractivity contribution is 0.607. The van der Waals surface area contributed by atoms with Crippen molar-refractivity contribution in [2.24, 2.45) is 11.7 Å². The van der Waals surface area contributed by atoms with E-state index in [2.05, 4.69) is 41.7 Å². The van der Waals surface area contributed by atoms with E-state index >= 15 is 0 Å². The molecule has 0 aromatic carbocycles. The van der Waals surface area contributed by atoms with E-state index < -0.39 is 0 Å². The zero-order chi connectivity index (χ0) is 14.4. The second kappa shape index (κ2) is 7.38. The van der Waals surface area contributed by atoms with Gasteiger partial charge < -0.3 is 10.6 Å². The third-order valence-electron chi connectivity index (χ3n) is 2.78. The number of nitrogens with two attached hydrogens (primary N) is 1. The summed E-state index contributed by atoms with van der Waals surface area (Å²) in [5, 5.41) is 0. The molecule has 1 rings (SSSR count). The first-order valence-electron chi connectivity index (χ1n) is 6.80. The molecule has 0 radical (unpaired) electrons. The Balaban J connectivity index is 2.94. The summed E-state index contributed by atoms with van der Waals surface area (Å²) in [6.45, 7) is 10.2. The van der Waals surface area contributed by atoms with Crippen LogP contribution in [-0.2, 0) is 6.42 Å². The molecular formula is C14H24N4S. The van der Waals surface area contributed by atoms with Crippen molar-refractivity contribution in [3.05, 3.63) is 17.6 Å². The van der Waals surface area contributed by atoms with E-state index in [1.165, 1.54) is 0 Å². The predicted molar refractivity (Wildman–Crippen MR) is 84.6 cm³/mol. The second-order valence-corrected chi connectivity index (χ2v) is 5.70. The van der Waals surface area contributed by atoms with Crippen molar-refractivity contribution in [3.8, 4) is 0 Å². The van der Waals surface area contributed by atoms with Crippen LogP contribution >= 0.6 is 12.2 Å². The topological polar surface area (TPSA) is 55.0 Å². The molecule has 0 atom stereocenters. The van der Waals surface area contributed by atoms with Crippen LogP contribution in [0.3, 0.4) is 0 Å². The standard InChI is InChI=1S/C14H24N4S/c1-5-12-8-14(17-11(4)16-12)18(9-10(2)3)7-6-13(15)19/h8,10H,5-7,9H2,1-4H3,(H2,15,19). The van der Waals surface area contributed by atoms with Crippen molar-refractivity contribution in [2.45, 2.75) is 40.5 Å². The first-order chi connectivity index (χ1) is 8.92. The van der Waals surface area contributed by atoms with Crippen LogP contribution in [0.2, 0.25) is 0 Å². The number of aromatic nitrogens is 2. The minimum Gasteiger partial charge on any atom is -0.393 e. The van der Waals surface area contributed by atoms with E-state index in [0.29, 0.717) is 17.3 Å². The van der Waals surface area contributed by atoms with Gasteiger partial charge in [-0.3, -0.25) is 0 Å². The molecule has 0 saturated carbocycles. The first kappa shape index (κ1) is 15.8. The van der Waals surface area contributed by atoms with Gasteiger partial charge in [0.1, 0.15) is 11.6 Å². The van der Waals surface area contributed by atoms with Gasteiger partial charge in [-0.15, -0.1) is 0 Å². The van der Waals surface area contributed by atoms with Crippen molar-refractivity contribution in [1.82, 2.24) is 9.97 Å². The Hall–Kier alpha value is -1.23. The van der Waals surface area contributed by atoms with Crippen LogP contribution in [0.5, 0.6) is 0 Å². The van der Waals surface area contributed by atoms with Gasteiger partial charge in [0, 0.05) is 31.3 Å². The smallest absolute Gasteiger partial charge is 0.132 e. The second-order valence-electron chi connectivity index (χ2n) is 5.17. The van der Waals surface area contributed by atoms with Crippen LogP contribution in [0, 0.1) is 12.8 Å². The maximum absolute atomic E-state index is 5.61. The number of thiocarbonyl (C=S) groups is 1. The van der Waals surface area contributed by atoms with E-state index in [0.717, 1.165) is 36.8 Å². The molecule has 19 heavy (non-hydrogen) atoms. The number of anilines is 1. The van der Waals surface area contributed by atoms with E-state index in [1.54, 1.807) is 0 Å². The molecule has 1 heterocycles. The summed E-state index contributed by atoms with van der Waals surface area (Å²) >= 11 is 4.97. The zero-order valence-corrected chi connectivity index (χ0v) is 13.1. The number of rotatable bonds is 7. The molecular weight excluding hydrogens is 256 g/mol. The molecule has 2 N–H and O–H groups in total. The first-order valence-corrected chi connectivity index (χ1v) is 7.21. The molecule has 0 amide bonds. The van der Waals surface area contributed by atoms with Crippen molar-refractivity contribution in [2.75, 3.05) is 18.0 Å². The summed E-state index contributed by atoms with van der Waals surface area (Å²) in [6, 6.07) is 2.06. The molecule has 5 heteroatoms. The minimum atomic E-state index is 0.551. The molecule has 0 spiro atoms. The maximum atomic E-state index is 5.61. The van der Waals surface area contributed by atoms with Gasteiger partial charge in [0.25, 0.3) is 0 Å². The van der Waals surface area contributed by atoms with Gasteiger partial charge in [-0.25, -0.2) is 9.97 Å². The minimum absolute atomic E-state index is 0.551. The Morgan fingerprint density at radius 1 is 1.42 bits per heavy atom. The van der Waals surface area contributed by atoms with Gasteiger partial charge >= 0.3 is 0 Å². The molecule has 0 bridgehead atoms. The number of hydrogen-bond acceptors (Lipinski definition) is 4. The molecule has 4 nitrogen and oxygen atoms in total. The fourth-order valence-corrected chi connectivity index (χ4v) is 2.03. The highest BCUT2D eigenvalue weighted by Gasteiger charge is 2.12. The molecule has 106 valence electrons. The lowest BCUT2D eigenvalue weighted by Gasteiger charge is -2.26. The number of aryl methyl sites for hydroxylation is 2. The quantitative estimate of drug-likeness (QED) is 0.778. The summed E-state index contributed by atoms with van der Waals surface area (Å²) in [5.41, 5.74) is 6.68. The molecule has 1 aromatic heterocycles. The summed E-state index contributed by atoms with van der Waals surface area (Å²) in [4.78, 5) is 11.8. The Morgan fingerprint density at radius 3 is 2.63 bits per heavy atom. The van der Waals surface area contributed by atoms with E-state index in [1.807, 2.05) is 6.92 Å². The van der Waals surface area contributed by atoms with Crippen molar-refractivity contribution < 1.29 is 0 Å². The Kier molecular flexibility index (Phi) is 6.15. The van der Waals surface area contributed by atoms with Crippen molar-refractivity contribution in [3.63, 3.8) is 0 Å². The molecule has 0 aliphatic heterocycles. The lowest BCUT2D eigenvalue weighted by Crippen LogP contribution is -2.32. The normalized spacial score (nSPS) is 10.8. The van der Waals surface area contributed by atoms with Gasteiger partial charge in [-0.2, -0.15) is 0 Å². The van der Waals surface area contributed by atoms with Crippen LogP contribution < -0.4 is 10.6 Å². The lowest BCUT2D eigenvalue weighted by atomic mass is 10.2. The average molecular weight is 280 g/mol. The molecule has 1 aromatic rings. The van der Waals surface area contributed by atoms with Crippen molar-refractivity contribution >= 4 is 23.0 Å². The summed E-state index contributed by atoms with van der Waals surface area (Å²) in [6.07, 6.45) is 1.63. The van der Waals surface area contributed by atoms with Gasteiger partial charge in [0.15, 0.2) is 0 Å². The number of nitrogens with zero attached hydrogens (tertiary/aromatic N) is 3.